The van der Waals surface area contributed by atoms with Crippen LogP contribution in [0.15, 0.2) is 170 Å². The molecule has 0 radical (unpaired) electrons. The number of aromatic nitrogens is 4. The lowest BCUT2D eigenvalue weighted by atomic mass is 9.93. The third-order valence-corrected chi connectivity index (χ3v) is 10.7. The Labute approximate surface area is 356 Å². The number of nitriles is 2. The van der Waals surface area contributed by atoms with Gasteiger partial charge in [0.2, 0.25) is 0 Å². The van der Waals surface area contributed by atoms with Gasteiger partial charge in [0.25, 0.3) is 0 Å². The van der Waals surface area contributed by atoms with Crippen molar-refractivity contribution in [1.82, 2.24) is 19.9 Å². The number of anilines is 6. The van der Waals surface area contributed by atoms with Gasteiger partial charge in [0.15, 0.2) is 34.6 Å². The Kier molecular flexibility index (Phi) is 9.13. The number of hydrogen-bond donors (Lipinski definition) is 0. The van der Waals surface area contributed by atoms with Crippen LogP contribution in [-0.2, 0) is 0 Å². The first kappa shape index (κ1) is 36.8. The van der Waals surface area contributed by atoms with Gasteiger partial charge in [-0.15, -0.1) is 0 Å². The Morgan fingerprint density at radius 3 is 1.08 bits per heavy atom. The van der Waals surface area contributed by atoms with Crippen molar-refractivity contribution in [2.75, 3.05) is 9.80 Å². The standard InChI is InChI=1S/C52H28N10/c1-55-39-25-21-37(22-26-39)47-48(38-23-27-40(56-2)28-24-38)60-52-51(59-47)61(41-9-5-3-6-10-41)49-50(62(52)42-11-7-4-8-12-42)58-46-30-44(36-19-15-34(32-54)16-20-36)43(29-45(46)57-49)35-17-13-33(31-53)14-18-35/h3-30H. The lowest BCUT2D eigenvalue weighted by Gasteiger charge is -2.37. The summed E-state index contributed by atoms with van der Waals surface area (Å²) in [5.74, 6) is 2.06. The second-order valence-corrected chi connectivity index (χ2v) is 14.4. The smallest absolute Gasteiger partial charge is 0.187 e. The maximum atomic E-state index is 9.59. The van der Waals surface area contributed by atoms with Gasteiger partial charge in [-0.3, -0.25) is 9.80 Å². The van der Waals surface area contributed by atoms with Crippen LogP contribution in [0.5, 0.6) is 0 Å². The second-order valence-electron chi connectivity index (χ2n) is 14.4. The van der Waals surface area contributed by atoms with Crippen molar-refractivity contribution in [3.63, 3.8) is 0 Å². The Hall–Kier alpha value is -9.48. The van der Waals surface area contributed by atoms with E-state index in [0.29, 0.717) is 68.2 Å². The molecular weight excluding hydrogens is 765 g/mol. The fourth-order valence-corrected chi connectivity index (χ4v) is 7.66. The van der Waals surface area contributed by atoms with Crippen LogP contribution in [0.25, 0.3) is 65.5 Å². The predicted octanol–water partition coefficient (Wildman–Crippen LogP) is 13.2. The molecule has 10 heteroatoms. The van der Waals surface area contributed by atoms with Crippen LogP contribution in [-0.4, -0.2) is 19.9 Å². The van der Waals surface area contributed by atoms with Gasteiger partial charge >= 0.3 is 0 Å². The molecule has 1 aliphatic heterocycles. The normalized spacial score (nSPS) is 11.4. The topological polar surface area (TPSA) is 114 Å². The molecule has 2 aromatic heterocycles. The lowest BCUT2D eigenvalue weighted by molar-refractivity contribution is 1.01. The predicted molar refractivity (Wildman–Crippen MR) is 242 cm³/mol. The molecule has 7 aromatic carbocycles. The third kappa shape index (κ3) is 6.46. The van der Waals surface area contributed by atoms with Crippen LogP contribution < -0.4 is 9.80 Å². The summed E-state index contributed by atoms with van der Waals surface area (Å²) in [4.78, 5) is 33.1. The van der Waals surface area contributed by atoms with Gasteiger partial charge in [-0.25, -0.2) is 29.6 Å². The summed E-state index contributed by atoms with van der Waals surface area (Å²) in [6, 6.07) is 57.7. The van der Waals surface area contributed by atoms with Gasteiger partial charge < -0.3 is 0 Å². The minimum absolute atomic E-state index is 0.502. The first-order valence-corrected chi connectivity index (χ1v) is 19.5. The molecule has 286 valence electrons. The van der Waals surface area contributed by atoms with E-state index in [4.69, 9.17) is 33.1 Å². The molecule has 62 heavy (non-hydrogen) atoms. The average molecular weight is 793 g/mol. The van der Waals surface area contributed by atoms with Crippen LogP contribution in [0, 0.1) is 35.8 Å². The van der Waals surface area contributed by atoms with Crippen LogP contribution in [0.1, 0.15) is 11.1 Å². The quantitative estimate of drug-likeness (QED) is 0.153. The molecule has 0 aliphatic carbocycles. The van der Waals surface area contributed by atoms with Crippen LogP contribution in [0.4, 0.5) is 46.0 Å². The monoisotopic (exact) mass is 792 g/mol. The molecule has 0 N–H and O–H groups in total. The first-order chi connectivity index (χ1) is 30.5. The first-order valence-electron chi connectivity index (χ1n) is 19.5. The molecule has 0 unspecified atom stereocenters. The number of hydrogen-bond acceptors (Lipinski definition) is 8. The van der Waals surface area contributed by atoms with Gasteiger partial charge in [0.05, 0.1) is 58.8 Å². The Balaban J connectivity index is 1.29. The van der Waals surface area contributed by atoms with Gasteiger partial charge in [0.1, 0.15) is 0 Å². The summed E-state index contributed by atoms with van der Waals surface area (Å²) in [6.07, 6.45) is 0. The van der Waals surface area contributed by atoms with Crippen molar-refractivity contribution in [3.05, 3.63) is 204 Å². The largest absolute Gasteiger partial charge is 0.273 e. The number of para-hydroxylation sites is 2. The van der Waals surface area contributed by atoms with Gasteiger partial charge in [-0.1, -0.05) is 109 Å². The maximum absolute atomic E-state index is 9.59. The highest BCUT2D eigenvalue weighted by molar-refractivity contribution is 6.02. The highest BCUT2D eigenvalue weighted by Crippen LogP contribution is 2.53. The summed E-state index contributed by atoms with van der Waals surface area (Å²) in [5.41, 5.74) is 11.1. The molecule has 3 heterocycles. The van der Waals surface area contributed by atoms with E-state index < -0.39 is 0 Å². The minimum atomic E-state index is 0.502. The Morgan fingerprint density at radius 1 is 0.403 bits per heavy atom. The molecule has 9 aromatic rings. The zero-order chi connectivity index (χ0) is 42.2. The Bertz CT molecular complexity index is 3130. The molecule has 0 fully saturated rings. The lowest BCUT2D eigenvalue weighted by Crippen LogP contribution is -2.28. The highest BCUT2D eigenvalue weighted by atomic mass is 15.4. The molecule has 0 spiro atoms. The van der Waals surface area contributed by atoms with Crippen molar-refractivity contribution < 1.29 is 0 Å². The summed E-state index contributed by atoms with van der Waals surface area (Å²) in [5, 5.41) is 19.2. The van der Waals surface area contributed by atoms with Gasteiger partial charge in [-0.2, -0.15) is 10.5 Å². The zero-order valence-corrected chi connectivity index (χ0v) is 32.6. The molecule has 0 saturated carbocycles. The van der Waals surface area contributed by atoms with E-state index in [1.165, 1.54) is 0 Å². The molecular formula is C52H28N10. The summed E-state index contributed by atoms with van der Waals surface area (Å²) < 4.78 is 0. The number of nitrogens with zero attached hydrogens (tertiary/aromatic N) is 10. The van der Waals surface area contributed by atoms with Crippen molar-refractivity contribution >= 4 is 57.1 Å². The fourth-order valence-electron chi connectivity index (χ4n) is 7.66. The third-order valence-electron chi connectivity index (χ3n) is 10.7. The fraction of sp³-hybridized carbons (Fsp3) is 0. The van der Waals surface area contributed by atoms with Crippen LogP contribution in [0.2, 0.25) is 0 Å². The van der Waals surface area contributed by atoms with Crippen molar-refractivity contribution in [3.8, 4) is 56.9 Å². The van der Waals surface area contributed by atoms with E-state index in [0.717, 1.165) is 44.8 Å². The molecule has 0 amide bonds. The van der Waals surface area contributed by atoms with Crippen LogP contribution in [0.3, 0.4) is 0 Å². The molecule has 10 nitrogen and oxygen atoms in total. The van der Waals surface area contributed by atoms with Crippen molar-refractivity contribution in [1.29, 1.82) is 10.5 Å². The van der Waals surface area contributed by atoms with Crippen molar-refractivity contribution in [2.45, 2.75) is 0 Å². The summed E-state index contributed by atoms with van der Waals surface area (Å²) in [6.45, 7) is 15.2. The van der Waals surface area contributed by atoms with E-state index in [-0.39, 0.29) is 0 Å². The summed E-state index contributed by atoms with van der Waals surface area (Å²) >= 11 is 0. The number of rotatable bonds is 6. The Morgan fingerprint density at radius 2 is 0.742 bits per heavy atom. The number of fused-ring (bicyclic) bond motifs is 3. The minimum Gasteiger partial charge on any atom is -0.273 e. The van der Waals surface area contributed by atoms with Crippen LogP contribution >= 0.6 is 0 Å². The second kappa shape index (κ2) is 15.4. The average Bonchev–Trinajstić information content (AvgIpc) is 3.35. The molecule has 1 aliphatic rings. The van der Waals surface area contributed by atoms with E-state index in [1.807, 2.05) is 131 Å². The highest BCUT2D eigenvalue weighted by Gasteiger charge is 2.37. The number of benzene rings is 7. The van der Waals surface area contributed by atoms with Crippen molar-refractivity contribution in [2.24, 2.45) is 0 Å². The van der Waals surface area contributed by atoms with E-state index in [2.05, 4.69) is 21.8 Å². The SMILES string of the molecule is [C-]#[N+]c1ccc(-c2nc3c(nc2-c2ccc([N+]#[C-])cc2)N(c2ccccc2)c2nc4cc(-c5ccc(C#N)cc5)c(-c5ccc(C#N)cc5)cc4nc2N3c2ccccc2)cc1. The van der Waals surface area contributed by atoms with Gasteiger partial charge in [0, 0.05) is 11.4 Å². The maximum Gasteiger partial charge on any atom is 0.187 e. The molecule has 0 bridgehead atoms. The van der Waals surface area contributed by atoms with E-state index in [1.54, 1.807) is 48.5 Å². The summed E-state index contributed by atoms with van der Waals surface area (Å²) in [7, 11) is 0. The molecule has 0 atom stereocenters. The molecule has 0 saturated heterocycles. The van der Waals surface area contributed by atoms with E-state index >= 15 is 0 Å². The zero-order valence-electron chi connectivity index (χ0n) is 32.6. The molecule has 10 rings (SSSR count). The van der Waals surface area contributed by atoms with E-state index in [9.17, 15) is 10.5 Å². The van der Waals surface area contributed by atoms with Gasteiger partial charge in [-0.05, 0) is 94.0 Å².